The summed E-state index contributed by atoms with van der Waals surface area (Å²) in [5.41, 5.74) is 5.62. The van der Waals surface area contributed by atoms with Crippen molar-refractivity contribution in [1.29, 1.82) is 0 Å². The van der Waals surface area contributed by atoms with E-state index in [4.69, 9.17) is 0 Å². The van der Waals surface area contributed by atoms with E-state index >= 15 is 0 Å². The molecule has 1 atom stereocenters. The zero-order valence-corrected chi connectivity index (χ0v) is 13.1. The summed E-state index contributed by atoms with van der Waals surface area (Å²) >= 11 is 0. The van der Waals surface area contributed by atoms with Gasteiger partial charge in [0.1, 0.15) is 0 Å². The van der Waals surface area contributed by atoms with E-state index in [1.807, 2.05) is 0 Å². The van der Waals surface area contributed by atoms with Gasteiger partial charge in [-0.15, -0.1) is 0 Å². The molecule has 2 aromatic carbocycles. The van der Waals surface area contributed by atoms with Gasteiger partial charge in [-0.25, -0.2) is 0 Å². The number of hydrogen-bond acceptors (Lipinski definition) is 2. The van der Waals surface area contributed by atoms with E-state index in [0.717, 1.165) is 12.8 Å². The largest absolute Gasteiger partial charge is 0.378 e. The van der Waals surface area contributed by atoms with Crippen LogP contribution in [0.1, 0.15) is 29.7 Å². The fourth-order valence-electron chi connectivity index (χ4n) is 3.19. The molecule has 1 N–H and O–H groups in total. The van der Waals surface area contributed by atoms with Crippen molar-refractivity contribution < 1.29 is 0 Å². The fraction of sp³-hybridized carbons (Fsp3) is 0.368. The molecule has 0 bridgehead atoms. The van der Waals surface area contributed by atoms with Gasteiger partial charge in [0.25, 0.3) is 0 Å². The minimum absolute atomic E-state index is 0.389. The topological polar surface area (TPSA) is 15.3 Å². The van der Waals surface area contributed by atoms with Crippen LogP contribution in [-0.2, 0) is 12.8 Å². The molecule has 0 heterocycles. The highest BCUT2D eigenvalue weighted by molar-refractivity contribution is 5.46. The monoisotopic (exact) mass is 280 g/mol. The summed E-state index contributed by atoms with van der Waals surface area (Å²) in [6.07, 6.45) is 2.30. The third kappa shape index (κ3) is 3.11. The van der Waals surface area contributed by atoms with E-state index in [-0.39, 0.29) is 0 Å². The lowest BCUT2D eigenvalue weighted by molar-refractivity contribution is 0.467. The van der Waals surface area contributed by atoms with Crippen molar-refractivity contribution in [2.24, 2.45) is 0 Å². The van der Waals surface area contributed by atoms with E-state index in [2.05, 4.69) is 79.8 Å². The van der Waals surface area contributed by atoms with Crippen molar-refractivity contribution >= 4 is 5.69 Å². The van der Waals surface area contributed by atoms with Crippen LogP contribution in [0, 0.1) is 0 Å². The normalized spacial score (nSPS) is 15.8. The summed E-state index contributed by atoms with van der Waals surface area (Å²) in [6.45, 7) is 2.26. The fourth-order valence-corrected chi connectivity index (χ4v) is 3.19. The molecule has 0 saturated heterocycles. The highest BCUT2D eigenvalue weighted by Gasteiger charge is 2.22. The van der Waals surface area contributed by atoms with Gasteiger partial charge >= 0.3 is 0 Å². The molecule has 0 radical (unpaired) electrons. The van der Waals surface area contributed by atoms with Crippen molar-refractivity contribution in [2.45, 2.75) is 31.8 Å². The third-order valence-electron chi connectivity index (χ3n) is 4.45. The summed E-state index contributed by atoms with van der Waals surface area (Å²) in [5.74, 6) is 0. The summed E-state index contributed by atoms with van der Waals surface area (Å²) in [6, 6.07) is 18.6. The van der Waals surface area contributed by atoms with E-state index in [0.29, 0.717) is 12.1 Å². The second-order valence-electron chi connectivity index (χ2n) is 6.25. The van der Waals surface area contributed by atoms with Crippen LogP contribution in [0.4, 0.5) is 5.69 Å². The van der Waals surface area contributed by atoms with E-state index in [1.165, 1.54) is 22.4 Å². The van der Waals surface area contributed by atoms with E-state index < -0.39 is 0 Å². The Bertz CT molecular complexity index is 576. The Morgan fingerprint density at radius 2 is 1.52 bits per heavy atom. The van der Waals surface area contributed by atoms with Gasteiger partial charge in [-0.1, -0.05) is 36.4 Å². The van der Waals surface area contributed by atoms with Gasteiger partial charge < -0.3 is 10.2 Å². The highest BCUT2D eigenvalue weighted by atomic mass is 15.1. The highest BCUT2D eigenvalue weighted by Crippen LogP contribution is 2.24. The van der Waals surface area contributed by atoms with Gasteiger partial charge in [0.05, 0.1) is 0 Å². The Hall–Kier alpha value is -1.80. The molecule has 0 saturated carbocycles. The summed E-state index contributed by atoms with van der Waals surface area (Å²) < 4.78 is 0. The summed E-state index contributed by atoms with van der Waals surface area (Å²) in [5, 5.41) is 3.78. The summed E-state index contributed by atoms with van der Waals surface area (Å²) in [7, 11) is 4.15. The lowest BCUT2D eigenvalue weighted by Gasteiger charge is -2.20. The summed E-state index contributed by atoms with van der Waals surface area (Å²) in [4.78, 5) is 2.13. The van der Waals surface area contributed by atoms with Gasteiger partial charge in [0.15, 0.2) is 0 Å². The van der Waals surface area contributed by atoms with E-state index in [9.17, 15) is 0 Å². The Labute approximate surface area is 127 Å². The SMILES string of the molecule is CC(NC1Cc2ccccc2C1)c1ccc(N(C)C)cc1. The molecule has 1 aliphatic rings. The van der Waals surface area contributed by atoms with Crippen LogP contribution in [0.15, 0.2) is 48.5 Å². The molecule has 21 heavy (non-hydrogen) atoms. The van der Waals surface area contributed by atoms with Crippen LogP contribution >= 0.6 is 0 Å². The maximum atomic E-state index is 3.78. The Kier molecular flexibility index (Phi) is 3.98. The Morgan fingerprint density at radius 1 is 0.952 bits per heavy atom. The lowest BCUT2D eigenvalue weighted by atomic mass is 10.1. The number of hydrogen-bond donors (Lipinski definition) is 1. The minimum atomic E-state index is 0.389. The molecular weight excluding hydrogens is 256 g/mol. The van der Waals surface area contributed by atoms with Crippen molar-refractivity contribution in [2.75, 3.05) is 19.0 Å². The molecule has 0 aromatic heterocycles. The molecule has 0 aliphatic heterocycles. The lowest BCUT2D eigenvalue weighted by Crippen LogP contribution is -2.32. The van der Waals surface area contributed by atoms with Crippen LogP contribution in [0.25, 0.3) is 0 Å². The van der Waals surface area contributed by atoms with Crippen molar-refractivity contribution in [3.63, 3.8) is 0 Å². The maximum absolute atomic E-state index is 3.78. The number of nitrogens with zero attached hydrogens (tertiary/aromatic N) is 1. The van der Waals surface area contributed by atoms with Crippen LogP contribution in [-0.4, -0.2) is 20.1 Å². The first-order valence-electron chi connectivity index (χ1n) is 7.73. The molecule has 3 rings (SSSR count). The first-order chi connectivity index (χ1) is 10.1. The van der Waals surface area contributed by atoms with Gasteiger partial charge in [-0.3, -0.25) is 0 Å². The molecule has 0 amide bonds. The first kappa shape index (κ1) is 14.2. The van der Waals surface area contributed by atoms with Crippen molar-refractivity contribution in [1.82, 2.24) is 5.32 Å². The molecule has 110 valence electrons. The molecule has 0 spiro atoms. The Balaban J connectivity index is 1.63. The predicted molar refractivity (Wildman–Crippen MR) is 90.0 cm³/mol. The predicted octanol–water partition coefficient (Wildman–Crippen LogP) is 3.57. The number of rotatable bonds is 4. The average molecular weight is 280 g/mol. The first-order valence-corrected chi connectivity index (χ1v) is 7.73. The molecule has 2 heteroatoms. The number of anilines is 1. The average Bonchev–Trinajstić information content (AvgIpc) is 2.89. The van der Waals surface area contributed by atoms with Gasteiger partial charge in [0.2, 0.25) is 0 Å². The minimum Gasteiger partial charge on any atom is -0.378 e. The zero-order valence-electron chi connectivity index (χ0n) is 13.1. The van der Waals surface area contributed by atoms with Gasteiger partial charge in [-0.05, 0) is 48.6 Å². The smallest absolute Gasteiger partial charge is 0.0361 e. The quantitative estimate of drug-likeness (QED) is 0.921. The van der Waals surface area contributed by atoms with Crippen LogP contribution < -0.4 is 10.2 Å². The van der Waals surface area contributed by atoms with Crippen LogP contribution in [0.5, 0.6) is 0 Å². The molecule has 1 aliphatic carbocycles. The molecule has 2 nitrogen and oxygen atoms in total. The molecule has 2 aromatic rings. The number of nitrogens with one attached hydrogen (secondary N) is 1. The van der Waals surface area contributed by atoms with E-state index in [1.54, 1.807) is 0 Å². The Morgan fingerprint density at radius 3 is 2.05 bits per heavy atom. The second kappa shape index (κ2) is 5.90. The molecular formula is C19H24N2. The van der Waals surface area contributed by atoms with Crippen molar-refractivity contribution in [3.8, 4) is 0 Å². The second-order valence-corrected chi connectivity index (χ2v) is 6.25. The zero-order chi connectivity index (χ0) is 14.8. The third-order valence-corrected chi connectivity index (χ3v) is 4.45. The van der Waals surface area contributed by atoms with Crippen molar-refractivity contribution in [3.05, 3.63) is 65.2 Å². The maximum Gasteiger partial charge on any atom is 0.0361 e. The standard InChI is InChI=1S/C19H24N2/c1-14(15-8-10-19(11-9-15)21(2)3)20-18-12-16-6-4-5-7-17(16)13-18/h4-11,14,18,20H,12-13H2,1-3H3. The van der Waals surface area contributed by atoms with Crippen LogP contribution in [0.3, 0.4) is 0 Å². The van der Waals surface area contributed by atoms with Gasteiger partial charge in [0, 0.05) is 31.9 Å². The van der Waals surface area contributed by atoms with Gasteiger partial charge in [-0.2, -0.15) is 0 Å². The van der Waals surface area contributed by atoms with Crippen LogP contribution in [0.2, 0.25) is 0 Å². The number of fused-ring (bicyclic) bond motifs is 1. The molecule has 0 fully saturated rings. The molecule has 1 unspecified atom stereocenters. The number of benzene rings is 2.